The van der Waals surface area contributed by atoms with Crippen LogP contribution in [-0.2, 0) is 23.1 Å². The van der Waals surface area contributed by atoms with Gasteiger partial charge in [0.1, 0.15) is 6.10 Å². The van der Waals surface area contributed by atoms with Crippen molar-refractivity contribution < 1.29 is 19.7 Å². The molecule has 1 spiro atoms. The van der Waals surface area contributed by atoms with Crippen molar-refractivity contribution in [3.8, 4) is 11.5 Å². The van der Waals surface area contributed by atoms with Crippen LogP contribution in [0.1, 0.15) is 62.1 Å². The molecular formula is C31H36Cl2N2O4. The highest BCUT2D eigenvalue weighted by Gasteiger charge is 2.73. The van der Waals surface area contributed by atoms with Crippen molar-refractivity contribution in [2.75, 3.05) is 19.6 Å². The predicted octanol–water partition coefficient (Wildman–Crippen LogP) is 5.11. The Kier molecular flexibility index (Phi) is 6.17. The SMILES string of the molecule is CCN(C(=O)Cc1ccc(Cl)c(Cl)c1)[C@@H]1CC[C@@]2(O)[C@H]3Cc4ccc(O)c5c4[C@@]2(CCN3CCC2CC2)[C@H]1O5. The molecule has 1 amide bonds. The van der Waals surface area contributed by atoms with Crippen LogP contribution in [0.5, 0.6) is 11.5 Å². The van der Waals surface area contributed by atoms with Gasteiger partial charge in [0.15, 0.2) is 11.5 Å². The zero-order valence-corrected chi connectivity index (χ0v) is 23.8. The number of amides is 1. The van der Waals surface area contributed by atoms with Crippen LogP contribution in [0.15, 0.2) is 30.3 Å². The molecule has 2 aromatic carbocycles. The second kappa shape index (κ2) is 9.27. The zero-order valence-electron chi connectivity index (χ0n) is 22.3. The summed E-state index contributed by atoms with van der Waals surface area (Å²) in [6.45, 7) is 4.45. The van der Waals surface area contributed by atoms with E-state index in [1.165, 1.54) is 24.8 Å². The van der Waals surface area contributed by atoms with Crippen molar-refractivity contribution >= 4 is 29.1 Å². The van der Waals surface area contributed by atoms with E-state index in [4.69, 9.17) is 27.9 Å². The van der Waals surface area contributed by atoms with Crippen LogP contribution < -0.4 is 4.74 Å². The Morgan fingerprint density at radius 2 is 1.97 bits per heavy atom. The molecule has 0 aromatic heterocycles. The number of likely N-dealkylation sites (tertiary alicyclic amines) is 1. The monoisotopic (exact) mass is 570 g/mol. The standard InChI is InChI=1S/C31H36Cl2N2O4/c1-2-35(26(37)16-19-5-7-21(32)22(33)15-19)23-9-11-31(38)25-17-20-6-8-24(36)28-27(20)30(31,29(23)39-28)12-14-34(25)13-10-18-3-4-18/h5-8,15,18,23,25,29,36,38H,2-4,9-14,16-17H2,1H3/t23-,25-,29+,30+,31-/m1/s1. The number of aromatic hydroxyl groups is 1. The van der Waals surface area contributed by atoms with Gasteiger partial charge in [-0.2, -0.15) is 0 Å². The van der Waals surface area contributed by atoms with E-state index < -0.39 is 17.1 Å². The Bertz CT molecular complexity index is 1330. The van der Waals surface area contributed by atoms with Crippen LogP contribution in [0.3, 0.4) is 0 Å². The van der Waals surface area contributed by atoms with Crippen LogP contribution in [0, 0.1) is 5.92 Å². The molecule has 3 aliphatic carbocycles. The lowest BCUT2D eigenvalue weighted by molar-refractivity contribution is -0.201. The molecule has 2 bridgehead atoms. The number of benzene rings is 2. The van der Waals surface area contributed by atoms with Crippen molar-refractivity contribution in [2.24, 2.45) is 5.92 Å². The summed E-state index contributed by atoms with van der Waals surface area (Å²) in [5.41, 5.74) is 1.37. The average molecular weight is 572 g/mol. The number of halogens is 2. The highest BCUT2D eigenvalue weighted by Crippen LogP contribution is 2.66. The molecule has 2 aromatic rings. The summed E-state index contributed by atoms with van der Waals surface area (Å²) in [6.07, 6.45) is 6.44. The fourth-order valence-electron chi connectivity index (χ4n) is 8.47. The lowest BCUT2D eigenvalue weighted by atomic mass is 9.48. The van der Waals surface area contributed by atoms with E-state index in [9.17, 15) is 15.0 Å². The first-order chi connectivity index (χ1) is 18.8. The van der Waals surface area contributed by atoms with Gasteiger partial charge < -0.3 is 19.8 Å². The number of piperidine rings is 1. The molecule has 5 aliphatic rings. The van der Waals surface area contributed by atoms with E-state index in [0.29, 0.717) is 35.2 Å². The molecule has 0 radical (unpaired) electrons. The summed E-state index contributed by atoms with van der Waals surface area (Å²) in [5, 5.41) is 24.5. The number of phenolic OH excluding ortho intramolecular Hbond substituents is 1. The first-order valence-electron chi connectivity index (χ1n) is 14.5. The van der Waals surface area contributed by atoms with Crippen LogP contribution in [0.4, 0.5) is 0 Å². The normalized spacial score (nSPS) is 32.5. The Hall–Kier alpha value is -1.99. The maximum Gasteiger partial charge on any atom is 0.227 e. The minimum atomic E-state index is -0.964. The Morgan fingerprint density at radius 3 is 2.72 bits per heavy atom. The highest BCUT2D eigenvalue weighted by molar-refractivity contribution is 6.42. The quantitative estimate of drug-likeness (QED) is 0.483. The van der Waals surface area contributed by atoms with E-state index in [2.05, 4.69) is 4.90 Å². The van der Waals surface area contributed by atoms with Crippen LogP contribution in [-0.4, -0.2) is 69.3 Å². The molecule has 3 fully saturated rings. The molecule has 6 nitrogen and oxygen atoms in total. The van der Waals surface area contributed by atoms with Crippen molar-refractivity contribution in [2.45, 2.75) is 87.5 Å². The number of carbonyl (C=O) groups is 1. The number of aliphatic hydroxyl groups is 1. The van der Waals surface area contributed by atoms with Crippen LogP contribution >= 0.6 is 23.2 Å². The topological polar surface area (TPSA) is 73.2 Å². The zero-order chi connectivity index (χ0) is 27.1. The van der Waals surface area contributed by atoms with Gasteiger partial charge in [0.25, 0.3) is 0 Å². The second-order valence-electron chi connectivity index (χ2n) is 12.3. The number of rotatable bonds is 7. The number of hydrogen-bond acceptors (Lipinski definition) is 5. The smallest absolute Gasteiger partial charge is 0.227 e. The third-order valence-corrected chi connectivity index (χ3v) is 11.2. The minimum Gasteiger partial charge on any atom is -0.504 e. The molecule has 39 heavy (non-hydrogen) atoms. The minimum absolute atomic E-state index is 0.000888. The molecule has 5 atom stereocenters. The van der Waals surface area contributed by atoms with E-state index >= 15 is 0 Å². The summed E-state index contributed by atoms with van der Waals surface area (Å²) in [4.78, 5) is 18.2. The van der Waals surface area contributed by atoms with Gasteiger partial charge in [-0.1, -0.05) is 48.2 Å². The third kappa shape index (κ3) is 3.78. The molecule has 2 N–H and O–H groups in total. The van der Waals surface area contributed by atoms with Crippen molar-refractivity contribution in [1.82, 2.24) is 9.80 Å². The molecule has 2 aliphatic heterocycles. The number of nitrogens with zero attached hydrogens (tertiary/aromatic N) is 2. The first kappa shape index (κ1) is 25.9. The number of likely N-dealkylation sites (N-methyl/N-ethyl adjacent to an activating group) is 1. The van der Waals surface area contributed by atoms with Gasteiger partial charge in [0, 0.05) is 18.2 Å². The molecule has 2 saturated carbocycles. The van der Waals surface area contributed by atoms with E-state index in [1.807, 2.05) is 24.0 Å². The maximum absolute atomic E-state index is 13.8. The van der Waals surface area contributed by atoms with Crippen LogP contribution in [0.2, 0.25) is 10.0 Å². The van der Waals surface area contributed by atoms with Gasteiger partial charge >= 0.3 is 0 Å². The van der Waals surface area contributed by atoms with Gasteiger partial charge in [-0.25, -0.2) is 0 Å². The summed E-state index contributed by atoms with van der Waals surface area (Å²) in [6, 6.07) is 8.89. The Labute approximate surface area is 239 Å². The summed E-state index contributed by atoms with van der Waals surface area (Å²) in [5.74, 6) is 1.48. The number of phenols is 1. The van der Waals surface area contributed by atoms with E-state index in [1.54, 1.807) is 18.2 Å². The van der Waals surface area contributed by atoms with E-state index in [0.717, 1.165) is 43.0 Å². The van der Waals surface area contributed by atoms with Crippen molar-refractivity contribution in [3.05, 3.63) is 57.1 Å². The van der Waals surface area contributed by atoms with Crippen molar-refractivity contribution in [3.63, 3.8) is 0 Å². The van der Waals surface area contributed by atoms with Crippen LogP contribution in [0.25, 0.3) is 0 Å². The molecule has 8 heteroatoms. The largest absolute Gasteiger partial charge is 0.504 e. The molecule has 2 heterocycles. The third-order valence-electron chi connectivity index (χ3n) is 10.5. The summed E-state index contributed by atoms with van der Waals surface area (Å²) < 4.78 is 6.69. The Balaban J connectivity index is 1.25. The molecular weight excluding hydrogens is 535 g/mol. The summed E-state index contributed by atoms with van der Waals surface area (Å²) >= 11 is 12.3. The van der Waals surface area contributed by atoms with Crippen molar-refractivity contribution in [1.29, 1.82) is 0 Å². The molecule has 0 unspecified atom stereocenters. The summed E-state index contributed by atoms with van der Waals surface area (Å²) in [7, 11) is 0. The highest BCUT2D eigenvalue weighted by atomic mass is 35.5. The fourth-order valence-corrected chi connectivity index (χ4v) is 8.79. The fraction of sp³-hybridized carbons (Fsp3) is 0.581. The molecule has 208 valence electrons. The van der Waals surface area contributed by atoms with Gasteiger partial charge in [-0.05, 0) is 87.4 Å². The lowest BCUT2D eigenvalue weighted by Crippen LogP contribution is -2.78. The number of ether oxygens (including phenoxy) is 1. The second-order valence-corrected chi connectivity index (χ2v) is 13.1. The predicted molar refractivity (Wildman–Crippen MR) is 151 cm³/mol. The van der Waals surface area contributed by atoms with Gasteiger partial charge in [-0.3, -0.25) is 9.69 Å². The average Bonchev–Trinajstić information content (AvgIpc) is 3.66. The lowest BCUT2D eigenvalue weighted by Gasteiger charge is -2.64. The van der Waals surface area contributed by atoms with Gasteiger partial charge in [0.05, 0.1) is 33.5 Å². The number of carbonyl (C=O) groups excluding carboxylic acids is 1. The van der Waals surface area contributed by atoms with Gasteiger partial charge in [-0.15, -0.1) is 0 Å². The molecule has 7 rings (SSSR count). The van der Waals surface area contributed by atoms with E-state index in [-0.39, 0.29) is 30.2 Å². The number of hydrogen-bond donors (Lipinski definition) is 2. The van der Waals surface area contributed by atoms with Gasteiger partial charge in [0.2, 0.25) is 5.91 Å². The molecule has 1 saturated heterocycles. The maximum atomic E-state index is 13.8. The Morgan fingerprint density at radius 1 is 1.15 bits per heavy atom. The first-order valence-corrected chi connectivity index (χ1v) is 15.2.